The Bertz CT molecular complexity index is 799. The molecule has 0 aliphatic heterocycles. The third kappa shape index (κ3) is 4.03. The van der Waals surface area contributed by atoms with Crippen molar-refractivity contribution < 1.29 is 29.3 Å². The van der Waals surface area contributed by atoms with E-state index in [1.165, 1.54) is 6.92 Å². The zero-order chi connectivity index (χ0) is 17.9. The molecule has 0 aliphatic rings. The van der Waals surface area contributed by atoms with Crippen LogP contribution in [-0.2, 0) is 9.59 Å². The molecule has 3 N–H and O–H groups in total. The average molecular weight is 370 g/mol. The van der Waals surface area contributed by atoms with Gasteiger partial charge in [0.2, 0.25) is 5.91 Å². The van der Waals surface area contributed by atoms with Crippen molar-refractivity contribution in [2.24, 2.45) is 0 Å². The Balaban J connectivity index is 2.39. The van der Waals surface area contributed by atoms with E-state index in [0.29, 0.717) is 16.1 Å². The topological polar surface area (TPSA) is 113 Å². The van der Waals surface area contributed by atoms with Crippen molar-refractivity contribution >= 4 is 46.5 Å². The first-order valence-electron chi connectivity index (χ1n) is 6.57. The Morgan fingerprint density at radius 3 is 2.33 bits per heavy atom. The molecule has 0 fully saturated rings. The summed E-state index contributed by atoms with van der Waals surface area (Å²) < 4.78 is 5.01. The number of halogens is 1. The number of ether oxygens (including phenoxy) is 1. The fourth-order valence-corrected chi connectivity index (χ4v) is 3.30. The number of benzene rings is 1. The van der Waals surface area contributed by atoms with Gasteiger partial charge in [-0.1, -0.05) is 23.7 Å². The number of nitrogens with one attached hydrogen (secondary N) is 1. The number of aromatic carboxylic acids is 1. The summed E-state index contributed by atoms with van der Waals surface area (Å²) in [4.78, 5) is 33.2. The molecule has 9 heteroatoms. The van der Waals surface area contributed by atoms with Gasteiger partial charge in [0.1, 0.15) is 5.02 Å². The lowest BCUT2D eigenvalue weighted by Crippen LogP contribution is -2.10. The van der Waals surface area contributed by atoms with Crippen molar-refractivity contribution in [1.82, 2.24) is 0 Å². The monoisotopic (exact) mass is 369 g/mol. The van der Waals surface area contributed by atoms with Crippen LogP contribution < -0.4 is 10.1 Å². The van der Waals surface area contributed by atoms with Crippen molar-refractivity contribution in [1.29, 1.82) is 0 Å². The van der Waals surface area contributed by atoms with E-state index < -0.39 is 18.5 Å². The molecule has 24 heavy (non-hydrogen) atoms. The minimum atomic E-state index is -1.26. The van der Waals surface area contributed by atoms with Crippen molar-refractivity contribution in [3.63, 3.8) is 0 Å². The van der Waals surface area contributed by atoms with E-state index in [4.69, 9.17) is 21.4 Å². The number of carbonyl (C=O) groups is 3. The van der Waals surface area contributed by atoms with Crippen LogP contribution in [0, 0.1) is 0 Å². The number of carboxylic acids is 2. The number of carbonyl (C=O) groups excluding carboxylic acids is 1. The van der Waals surface area contributed by atoms with Crippen LogP contribution in [0.25, 0.3) is 10.4 Å². The van der Waals surface area contributed by atoms with Gasteiger partial charge < -0.3 is 20.3 Å². The van der Waals surface area contributed by atoms with Gasteiger partial charge in [-0.3, -0.25) is 4.79 Å². The Labute approximate surface area is 145 Å². The first-order chi connectivity index (χ1) is 11.3. The van der Waals surface area contributed by atoms with Crippen molar-refractivity contribution in [2.75, 3.05) is 11.9 Å². The number of rotatable bonds is 6. The predicted octanol–water partition coefficient (Wildman–Crippen LogP) is 3.19. The summed E-state index contributed by atoms with van der Waals surface area (Å²) in [6.07, 6.45) is 0. The van der Waals surface area contributed by atoms with Gasteiger partial charge in [-0.2, -0.15) is 0 Å². The smallest absolute Gasteiger partial charge is 0.349 e. The van der Waals surface area contributed by atoms with E-state index in [1.807, 2.05) is 0 Å². The number of hydrogen-bond acceptors (Lipinski definition) is 5. The highest BCUT2D eigenvalue weighted by molar-refractivity contribution is 7.18. The third-order valence-electron chi connectivity index (χ3n) is 2.81. The van der Waals surface area contributed by atoms with Crippen LogP contribution in [-0.4, -0.2) is 34.7 Å². The van der Waals surface area contributed by atoms with Crippen molar-refractivity contribution in [3.8, 4) is 16.2 Å². The van der Waals surface area contributed by atoms with Gasteiger partial charge in [0.05, 0.1) is 4.88 Å². The molecule has 0 bridgehead atoms. The fraction of sp³-hybridized carbons (Fsp3) is 0.133. The molecule has 126 valence electrons. The van der Waals surface area contributed by atoms with Crippen LogP contribution in [0.3, 0.4) is 0 Å². The second-order valence-corrected chi connectivity index (χ2v) is 6.05. The van der Waals surface area contributed by atoms with Crippen LogP contribution in [0.4, 0.5) is 5.69 Å². The molecule has 7 nitrogen and oxygen atoms in total. The zero-order valence-corrected chi connectivity index (χ0v) is 13.9. The Morgan fingerprint density at radius 1 is 1.21 bits per heavy atom. The summed E-state index contributed by atoms with van der Waals surface area (Å²) in [6, 6.07) is 6.61. The lowest BCUT2D eigenvalue weighted by Gasteiger charge is -2.05. The molecular formula is C15H12ClNO6S. The van der Waals surface area contributed by atoms with Crippen molar-refractivity contribution in [2.45, 2.75) is 6.92 Å². The maximum absolute atomic E-state index is 11.3. The summed E-state index contributed by atoms with van der Waals surface area (Å²) in [6.45, 7) is 0.687. The standard InChI is InChI=1S/C15H12ClNO6S/c1-7(18)17-9-4-2-8(3-5-9)13-11(16)12(23-6-10(19)20)14(24-13)15(21)22/h2-5H,6H2,1H3,(H,17,18)(H,19,20)(H,21,22). The summed E-state index contributed by atoms with van der Waals surface area (Å²) in [5, 5.41) is 20.6. The van der Waals surface area contributed by atoms with Crippen LogP contribution >= 0.6 is 22.9 Å². The Kier molecular flexibility index (Phi) is 5.42. The lowest BCUT2D eigenvalue weighted by molar-refractivity contribution is -0.139. The number of hydrogen-bond donors (Lipinski definition) is 3. The summed E-state index contributed by atoms with van der Waals surface area (Å²) in [5.74, 6) is -2.88. The molecule has 0 radical (unpaired) electrons. The SMILES string of the molecule is CC(=O)Nc1ccc(-c2sc(C(=O)O)c(OCC(=O)O)c2Cl)cc1. The van der Waals surface area contributed by atoms with Gasteiger partial charge in [0.25, 0.3) is 0 Å². The lowest BCUT2D eigenvalue weighted by atomic mass is 10.1. The van der Waals surface area contributed by atoms with Crippen LogP contribution in [0.1, 0.15) is 16.6 Å². The summed E-state index contributed by atoms with van der Waals surface area (Å²) in [5.41, 5.74) is 1.20. The number of carboxylic acid groups (broad SMARTS) is 2. The summed E-state index contributed by atoms with van der Waals surface area (Å²) in [7, 11) is 0. The van der Waals surface area contributed by atoms with Gasteiger partial charge in [0, 0.05) is 12.6 Å². The largest absolute Gasteiger partial charge is 0.479 e. The Morgan fingerprint density at radius 2 is 1.83 bits per heavy atom. The molecule has 1 amide bonds. The summed E-state index contributed by atoms with van der Waals surface area (Å²) >= 11 is 7.06. The first kappa shape index (κ1) is 17.8. The van der Waals surface area contributed by atoms with E-state index in [9.17, 15) is 19.5 Å². The van der Waals surface area contributed by atoms with E-state index >= 15 is 0 Å². The first-order valence-corrected chi connectivity index (χ1v) is 7.77. The van der Waals surface area contributed by atoms with E-state index in [2.05, 4.69) is 5.32 Å². The molecule has 1 heterocycles. The predicted molar refractivity (Wildman–Crippen MR) is 89.2 cm³/mol. The minimum absolute atomic E-state index is 0.0333. The number of thiophene rings is 1. The van der Waals surface area contributed by atoms with E-state index in [1.54, 1.807) is 24.3 Å². The number of amides is 1. The minimum Gasteiger partial charge on any atom is -0.479 e. The molecule has 0 saturated carbocycles. The highest BCUT2D eigenvalue weighted by Gasteiger charge is 2.24. The Hall–Kier alpha value is -2.58. The normalized spacial score (nSPS) is 10.2. The number of aliphatic carboxylic acids is 1. The van der Waals surface area contributed by atoms with Gasteiger partial charge in [-0.25, -0.2) is 9.59 Å². The second-order valence-electron chi connectivity index (χ2n) is 4.65. The second kappa shape index (κ2) is 7.33. The van der Waals surface area contributed by atoms with Gasteiger partial charge in [0.15, 0.2) is 17.2 Å². The van der Waals surface area contributed by atoms with Crippen molar-refractivity contribution in [3.05, 3.63) is 34.2 Å². The molecule has 1 aromatic heterocycles. The van der Waals surface area contributed by atoms with Gasteiger partial charge in [-0.05, 0) is 17.7 Å². The van der Waals surface area contributed by atoms with E-state index in [0.717, 1.165) is 11.3 Å². The van der Waals surface area contributed by atoms with Gasteiger partial charge in [-0.15, -0.1) is 11.3 Å². The average Bonchev–Trinajstić information content (AvgIpc) is 2.82. The molecular weight excluding hydrogens is 358 g/mol. The molecule has 0 atom stereocenters. The molecule has 0 aliphatic carbocycles. The molecule has 0 spiro atoms. The highest BCUT2D eigenvalue weighted by Crippen LogP contribution is 2.45. The molecule has 0 saturated heterocycles. The molecule has 2 aromatic rings. The van der Waals surface area contributed by atoms with E-state index in [-0.39, 0.29) is 21.6 Å². The molecule has 0 unspecified atom stereocenters. The zero-order valence-electron chi connectivity index (χ0n) is 12.3. The fourth-order valence-electron chi connectivity index (χ4n) is 1.89. The molecule has 2 rings (SSSR count). The third-order valence-corrected chi connectivity index (χ3v) is 4.49. The quantitative estimate of drug-likeness (QED) is 0.720. The van der Waals surface area contributed by atoms with Crippen LogP contribution in [0.2, 0.25) is 5.02 Å². The maximum atomic E-state index is 11.3. The van der Waals surface area contributed by atoms with Crippen LogP contribution in [0.15, 0.2) is 24.3 Å². The van der Waals surface area contributed by atoms with Crippen LogP contribution in [0.5, 0.6) is 5.75 Å². The molecule has 1 aromatic carbocycles. The van der Waals surface area contributed by atoms with Gasteiger partial charge >= 0.3 is 11.9 Å². The maximum Gasteiger partial charge on any atom is 0.349 e. The number of anilines is 1. The highest BCUT2D eigenvalue weighted by atomic mass is 35.5.